The lowest BCUT2D eigenvalue weighted by molar-refractivity contribution is -0.302. The highest BCUT2D eigenvalue weighted by molar-refractivity contribution is 5.76. The first-order chi connectivity index (χ1) is 43.2. The number of hydrogen-bond acceptors (Lipinski definition) is 10. The van der Waals surface area contributed by atoms with E-state index in [-0.39, 0.29) is 18.5 Å². The molecule has 0 bridgehead atoms. The average Bonchev–Trinajstić information content (AvgIpc) is 2.84. The van der Waals surface area contributed by atoms with Crippen molar-refractivity contribution in [2.75, 3.05) is 19.8 Å². The summed E-state index contributed by atoms with van der Waals surface area (Å²) in [6, 6.07) is -0.807. The highest BCUT2D eigenvalue weighted by Gasteiger charge is 2.44. The van der Waals surface area contributed by atoms with Crippen molar-refractivity contribution in [3.05, 3.63) is 60.8 Å². The maximum absolute atomic E-state index is 13.0. The fraction of sp³-hybridized carbons (Fsp3) is 0.844. The number of carbonyl (C=O) groups excluding carboxylic acids is 2. The minimum absolute atomic E-state index is 0.00303. The van der Waals surface area contributed by atoms with E-state index in [2.05, 4.69) is 67.8 Å². The van der Waals surface area contributed by atoms with Crippen molar-refractivity contribution in [3.8, 4) is 0 Å². The van der Waals surface area contributed by atoms with Crippen LogP contribution in [0.3, 0.4) is 0 Å². The third-order valence-electron chi connectivity index (χ3n) is 17.6. The molecule has 514 valence electrons. The quantitative estimate of drug-likeness (QED) is 0.0195. The van der Waals surface area contributed by atoms with Crippen molar-refractivity contribution in [1.82, 2.24) is 5.32 Å². The van der Waals surface area contributed by atoms with Crippen molar-refractivity contribution < 1.29 is 49.3 Å². The Balaban J connectivity index is 1.90. The first-order valence-electron chi connectivity index (χ1n) is 37.6. The fourth-order valence-electron chi connectivity index (χ4n) is 11.7. The van der Waals surface area contributed by atoms with Crippen LogP contribution in [0.5, 0.6) is 0 Å². The lowest BCUT2D eigenvalue weighted by Gasteiger charge is -2.40. The Morgan fingerprint density at radius 2 is 0.784 bits per heavy atom. The van der Waals surface area contributed by atoms with Gasteiger partial charge in [0.05, 0.1) is 32.0 Å². The van der Waals surface area contributed by atoms with Crippen molar-refractivity contribution >= 4 is 11.9 Å². The van der Waals surface area contributed by atoms with Crippen LogP contribution in [0.4, 0.5) is 0 Å². The molecule has 11 heteroatoms. The van der Waals surface area contributed by atoms with E-state index >= 15 is 0 Å². The summed E-state index contributed by atoms with van der Waals surface area (Å²) >= 11 is 0. The molecule has 0 aromatic rings. The summed E-state index contributed by atoms with van der Waals surface area (Å²) in [7, 11) is 0. The molecule has 1 aliphatic rings. The van der Waals surface area contributed by atoms with Gasteiger partial charge in [0.15, 0.2) is 6.29 Å². The van der Waals surface area contributed by atoms with Crippen LogP contribution in [0.2, 0.25) is 0 Å². The summed E-state index contributed by atoms with van der Waals surface area (Å²) in [6.07, 6.45) is 78.2. The number of aliphatic hydroxyl groups is 5. The molecule has 1 heterocycles. The summed E-state index contributed by atoms with van der Waals surface area (Å²) in [5.41, 5.74) is 0. The first kappa shape index (κ1) is 83.4. The standard InChI is InChI=1S/C77H141NO10/c1-3-5-7-9-11-13-15-41-45-49-53-57-61-65-73(82)86-66-62-58-54-50-46-43-40-38-36-34-32-30-28-26-24-22-20-18-16-17-19-21-23-25-27-29-31-33-35-37-39-42-44-48-52-56-60-64-72(81)78-69(68-87-77-76(85)75(84)74(83)71(67-79)88-77)70(80)63-59-55-51-47-14-12-10-8-6-4-2/h7,9,13,15-16,18,22,24,59,63,69-71,74-77,79-80,83-85H,3-6,8,10-12,14,17,19-21,23,25-58,60-62,64-68H2,1-2H3,(H,78,81)/b9-7-,15-13-,18-16-,24-22-,63-59+. The molecule has 7 atom stereocenters. The maximum atomic E-state index is 13.0. The van der Waals surface area contributed by atoms with Gasteiger partial charge in [-0.1, -0.05) is 312 Å². The second-order valence-electron chi connectivity index (χ2n) is 26.0. The molecular weight excluding hydrogens is 1100 g/mol. The summed E-state index contributed by atoms with van der Waals surface area (Å²) in [6.45, 7) is 4.28. The molecule has 1 aliphatic heterocycles. The molecule has 6 N–H and O–H groups in total. The van der Waals surface area contributed by atoms with Crippen molar-refractivity contribution in [1.29, 1.82) is 0 Å². The molecular formula is C77H141NO10. The molecule has 7 unspecified atom stereocenters. The van der Waals surface area contributed by atoms with Gasteiger partial charge in [-0.25, -0.2) is 0 Å². The van der Waals surface area contributed by atoms with E-state index in [0.29, 0.717) is 19.4 Å². The van der Waals surface area contributed by atoms with Crippen molar-refractivity contribution in [2.24, 2.45) is 0 Å². The Hall–Kier alpha value is -2.64. The molecule has 0 aliphatic carbocycles. The van der Waals surface area contributed by atoms with E-state index in [9.17, 15) is 35.1 Å². The second kappa shape index (κ2) is 65.8. The van der Waals surface area contributed by atoms with E-state index in [0.717, 1.165) is 70.6 Å². The maximum Gasteiger partial charge on any atom is 0.305 e. The van der Waals surface area contributed by atoms with E-state index in [1.54, 1.807) is 6.08 Å². The van der Waals surface area contributed by atoms with E-state index in [4.69, 9.17) is 14.2 Å². The average molecular weight is 1240 g/mol. The van der Waals surface area contributed by atoms with Crippen molar-refractivity contribution in [2.45, 2.75) is 397 Å². The van der Waals surface area contributed by atoms with Gasteiger partial charge in [0.2, 0.25) is 5.91 Å². The van der Waals surface area contributed by atoms with Crippen LogP contribution < -0.4 is 5.32 Å². The van der Waals surface area contributed by atoms with Crippen LogP contribution in [0.1, 0.15) is 354 Å². The topological polar surface area (TPSA) is 175 Å². The van der Waals surface area contributed by atoms with E-state index < -0.39 is 49.5 Å². The number of nitrogens with one attached hydrogen (secondary N) is 1. The SMILES string of the molecule is CCC/C=C\C/C=C\CCCCCCCC(=O)OCCCCCCCCCCCCCCC/C=C\C/C=C\CCCCCCCCCCCCCCCCCCCC(=O)NC(COC1OC(CO)C(O)C(O)C1O)C(O)/C=C/CCCCCCCCCC. The van der Waals surface area contributed by atoms with Gasteiger partial charge in [0.1, 0.15) is 24.4 Å². The van der Waals surface area contributed by atoms with Gasteiger partial charge in [-0.2, -0.15) is 0 Å². The Morgan fingerprint density at radius 1 is 0.420 bits per heavy atom. The van der Waals surface area contributed by atoms with Gasteiger partial charge < -0.3 is 45.1 Å². The van der Waals surface area contributed by atoms with Gasteiger partial charge in [-0.3, -0.25) is 9.59 Å². The number of unbranched alkanes of at least 4 members (excludes halogenated alkanes) is 44. The number of esters is 1. The number of allylic oxidation sites excluding steroid dienone is 9. The van der Waals surface area contributed by atoms with Gasteiger partial charge in [-0.05, 0) is 89.9 Å². The van der Waals surface area contributed by atoms with Crippen LogP contribution in [0.25, 0.3) is 0 Å². The molecule has 11 nitrogen and oxygen atoms in total. The number of rotatable bonds is 66. The summed E-state index contributed by atoms with van der Waals surface area (Å²) in [5, 5.41) is 54.4. The number of hydrogen-bond donors (Lipinski definition) is 6. The molecule has 88 heavy (non-hydrogen) atoms. The van der Waals surface area contributed by atoms with Crippen LogP contribution >= 0.6 is 0 Å². The normalized spacial score (nSPS) is 18.1. The highest BCUT2D eigenvalue weighted by atomic mass is 16.7. The number of amides is 1. The molecule has 1 amide bonds. The van der Waals surface area contributed by atoms with Crippen LogP contribution in [-0.2, 0) is 23.8 Å². The Kier molecular flexibility index (Phi) is 62.4. The van der Waals surface area contributed by atoms with Gasteiger partial charge in [0.25, 0.3) is 0 Å². The first-order valence-corrected chi connectivity index (χ1v) is 37.6. The second-order valence-corrected chi connectivity index (χ2v) is 26.0. The minimum Gasteiger partial charge on any atom is -0.466 e. The fourth-order valence-corrected chi connectivity index (χ4v) is 11.7. The van der Waals surface area contributed by atoms with E-state index in [1.165, 1.54) is 257 Å². The Labute approximate surface area is 541 Å². The number of aliphatic hydroxyl groups excluding tert-OH is 5. The molecule has 1 fully saturated rings. The molecule has 1 rings (SSSR count). The summed E-state index contributed by atoms with van der Waals surface area (Å²) in [5.74, 6) is -0.182. The lowest BCUT2D eigenvalue weighted by Crippen LogP contribution is -2.60. The molecule has 0 aromatic carbocycles. The molecule has 0 aromatic heterocycles. The lowest BCUT2D eigenvalue weighted by atomic mass is 9.99. The monoisotopic (exact) mass is 1240 g/mol. The highest BCUT2D eigenvalue weighted by Crippen LogP contribution is 2.23. The molecule has 0 radical (unpaired) electrons. The predicted molar refractivity (Wildman–Crippen MR) is 370 cm³/mol. The largest absolute Gasteiger partial charge is 0.466 e. The third kappa shape index (κ3) is 54.0. The summed E-state index contributed by atoms with van der Waals surface area (Å²) in [4.78, 5) is 25.1. The van der Waals surface area contributed by atoms with Gasteiger partial charge in [-0.15, -0.1) is 0 Å². The molecule has 1 saturated heterocycles. The van der Waals surface area contributed by atoms with Gasteiger partial charge >= 0.3 is 5.97 Å². The molecule has 0 saturated carbocycles. The zero-order chi connectivity index (χ0) is 63.7. The molecule has 0 spiro atoms. The minimum atomic E-state index is -1.57. The number of carbonyl (C=O) groups is 2. The van der Waals surface area contributed by atoms with Crippen LogP contribution in [0.15, 0.2) is 60.8 Å². The third-order valence-corrected chi connectivity index (χ3v) is 17.6. The summed E-state index contributed by atoms with van der Waals surface area (Å²) < 4.78 is 16.7. The van der Waals surface area contributed by atoms with Crippen molar-refractivity contribution in [3.63, 3.8) is 0 Å². The number of ether oxygens (including phenoxy) is 3. The zero-order valence-corrected chi connectivity index (χ0v) is 57.2. The Morgan fingerprint density at radius 3 is 1.19 bits per heavy atom. The Bertz CT molecular complexity index is 1650. The predicted octanol–water partition coefficient (Wildman–Crippen LogP) is 19.7. The zero-order valence-electron chi connectivity index (χ0n) is 57.2. The van der Waals surface area contributed by atoms with Crippen LogP contribution in [0, 0.1) is 0 Å². The van der Waals surface area contributed by atoms with Crippen LogP contribution in [-0.4, -0.2) is 100 Å². The van der Waals surface area contributed by atoms with E-state index in [1.807, 2.05) is 6.08 Å². The van der Waals surface area contributed by atoms with Gasteiger partial charge in [0, 0.05) is 12.8 Å². The smallest absolute Gasteiger partial charge is 0.305 e.